The van der Waals surface area contributed by atoms with Crippen molar-refractivity contribution in [2.24, 2.45) is 0 Å². The molecule has 0 fully saturated rings. The van der Waals surface area contributed by atoms with E-state index >= 15 is 0 Å². The molecule has 10 heteroatoms. The first-order chi connectivity index (χ1) is 12.0. The molecule has 2 aromatic carbocycles. The van der Waals surface area contributed by atoms with Gasteiger partial charge in [0.15, 0.2) is 0 Å². The fraction of sp³-hybridized carbons (Fsp3) is 0.250. The molecule has 0 spiro atoms. The Bertz CT molecular complexity index is 924. The van der Waals surface area contributed by atoms with Gasteiger partial charge in [0, 0.05) is 11.6 Å². The number of hydrogen-bond donors (Lipinski definition) is 0. The summed E-state index contributed by atoms with van der Waals surface area (Å²) >= 11 is 0. The molecule has 2 aromatic rings. The predicted molar refractivity (Wildman–Crippen MR) is 85.8 cm³/mol. The fourth-order valence-electron chi connectivity index (χ4n) is 2.52. The van der Waals surface area contributed by atoms with Crippen LogP contribution in [0.4, 0.5) is 8.78 Å². The van der Waals surface area contributed by atoms with Crippen molar-refractivity contribution in [2.75, 3.05) is 0 Å². The Morgan fingerprint density at radius 1 is 1.04 bits per heavy atom. The van der Waals surface area contributed by atoms with Crippen molar-refractivity contribution in [3.63, 3.8) is 0 Å². The smallest absolute Gasteiger partial charge is 0.133 e. The van der Waals surface area contributed by atoms with Crippen LogP contribution >= 0.6 is 7.60 Å². The summed E-state index contributed by atoms with van der Waals surface area (Å²) in [6, 6.07) is 9.53. The second-order valence-corrected chi connectivity index (χ2v) is 9.31. The van der Waals surface area contributed by atoms with Crippen LogP contribution in [-0.2, 0) is 21.1 Å². The molecular weight excluding hydrogens is 389 g/mol. The lowest BCUT2D eigenvalue weighted by Gasteiger charge is -2.39. The van der Waals surface area contributed by atoms with Crippen molar-refractivity contribution in [2.45, 2.75) is 24.3 Å². The van der Waals surface area contributed by atoms with Gasteiger partial charge < -0.3 is 18.9 Å². The third kappa shape index (κ3) is 5.43. The van der Waals surface area contributed by atoms with E-state index in [2.05, 4.69) is 0 Å². The van der Waals surface area contributed by atoms with Crippen molar-refractivity contribution >= 4 is 17.7 Å². The molecule has 0 N–H and O–H groups in total. The zero-order chi connectivity index (χ0) is 19.5. The molecule has 0 aliphatic rings. The van der Waals surface area contributed by atoms with Gasteiger partial charge in [-0.2, -0.15) is 0 Å². The maximum Gasteiger partial charge on any atom is 0.133 e. The van der Waals surface area contributed by atoms with Crippen molar-refractivity contribution in [3.05, 3.63) is 59.7 Å². The minimum Gasteiger partial charge on any atom is -0.810 e. The van der Waals surface area contributed by atoms with Gasteiger partial charge in [-0.25, -0.2) is 17.2 Å². The molecule has 0 radical (unpaired) electrons. The normalized spacial score (nSPS) is 13.6. The first-order valence-corrected chi connectivity index (χ1v) is 10.6. The van der Waals surface area contributed by atoms with E-state index in [4.69, 9.17) is 0 Å². The molecule has 1 unspecified atom stereocenters. The molecule has 0 bridgehead atoms. The molecule has 0 saturated heterocycles. The summed E-state index contributed by atoms with van der Waals surface area (Å²) < 4.78 is 70.2. The van der Waals surface area contributed by atoms with Crippen LogP contribution in [0.25, 0.3) is 11.1 Å². The van der Waals surface area contributed by atoms with E-state index < -0.39 is 40.8 Å². The van der Waals surface area contributed by atoms with Crippen LogP contribution in [0.2, 0.25) is 0 Å². The van der Waals surface area contributed by atoms with Crippen molar-refractivity contribution < 1.29 is 36.1 Å². The van der Waals surface area contributed by atoms with Gasteiger partial charge in [0.1, 0.15) is 21.8 Å². The van der Waals surface area contributed by atoms with Crippen LogP contribution in [0.3, 0.4) is 0 Å². The van der Waals surface area contributed by atoms with Gasteiger partial charge >= 0.3 is 0 Å². The van der Waals surface area contributed by atoms with E-state index in [1.54, 1.807) is 24.3 Å². The summed E-state index contributed by atoms with van der Waals surface area (Å²) in [5.41, 5.74) is 1.37. The van der Waals surface area contributed by atoms with Crippen molar-refractivity contribution in [1.29, 1.82) is 0 Å². The van der Waals surface area contributed by atoms with Gasteiger partial charge in [0.25, 0.3) is 0 Å². The van der Waals surface area contributed by atoms with Gasteiger partial charge in [-0.15, -0.1) is 0 Å². The van der Waals surface area contributed by atoms with E-state index in [1.165, 1.54) is 6.07 Å². The number of rotatable bonds is 7. The molecule has 0 amide bonds. The standard InChI is InChI=1S/C16H17F2O6PS/c17-13-8-9-14(15(18)10-13)12-6-4-11(5-7-12)2-1-3-16(25(19,20)21)26(22,23)24/h4-10,16H,1-3H2,(H2,19,20,21)(H,22,23,24)/p-3. The molecule has 1 atom stereocenters. The Hall–Kier alpha value is -1.64. The summed E-state index contributed by atoms with van der Waals surface area (Å²) in [6.45, 7) is 0. The highest BCUT2D eigenvalue weighted by atomic mass is 32.2. The molecule has 0 aliphatic heterocycles. The van der Waals surface area contributed by atoms with Crippen LogP contribution in [0.1, 0.15) is 18.4 Å². The van der Waals surface area contributed by atoms with Crippen LogP contribution < -0.4 is 9.79 Å². The van der Waals surface area contributed by atoms with Crippen LogP contribution in [-0.4, -0.2) is 18.0 Å². The number of halogens is 2. The highest BCUT2D eigenvalue weighted by Crippen LogP contribution is 2.38. The van der Waals surface area contributed by atoms with E-state index in [0.29, 0.717) is 11.1 Å². The van der Waals surface area contributed by atoms with Crippen LogP contribution in [0, 0.1) is 11.6 Å². The van der Waals surface area contributed by atoms with Crippen LogP contribution in [0.5, 0.6) is 0 Å². The lowest BCUT2D eigenvalue weighted by Crippen LogP contribution is -2.32. The monoisotopic (exact) mass is 403 g/mol. The zero-order valence-electron chi connectivity index (χ0n) is 13.3. The quantitative estimate of drug-likeness (QED) is 0.513. The van der Waals surface area contributed by atoms with Gasteiger partial charge in [0.2, 0.25) is 0 Å². The number of benzene rings is 2. The zero-order valence-corrected chi connectivity index (χ0v) is 15.0. The second kappa shape index (κ2) is 7.94. The summed E-state index contributed by atoms with van der Waals surface area (Å²) in [6.07, 6.45) is -0.381. The summed E-state index contributed by atoms with van der Waals surface area (Å²) in [5.74, 6) is -1.41. The second-order valence-electron chi connectivity index (χ2n) is 5.70. The molecule has 142 valence electrons. The summed E-state index contributed by atoms with van der Waals surface area (Å²) in [4.78, 5) is 19.3. The van der Waals surface area contributed by atoms with E-state index in [9.17, 15) is 36.1 Å². The lowest BCUT2D eigenvalue weighted by molar-refractivity contribution is -0.314. The average molecular weight is 403 g/mol. The maximum atomic E-state index is 13.7. The molecule has 26 heavy (non-hydrogen) atoms. The Morgan fingerprint density at radius 2 is 1.65 bits per heavy atom. The fourth-order valence-corrected chi connectivity index (χ4v) is 4.73. The summed E-state index contributed by atoms with van der Waals surface area (Å²) in [7, 11) is -10.8. The minimum absolute atomic E-state index is 0.00906. The van der Waals surface area contributed by atoms with E-state index in [-0.39, 0.29) is 18.4 Å². The molecule has 0 saturated carbocycles. The maximum absolute atomic E-state index is 13.7. The Morgan fingerprint density at radius 3 is 2.15 bits per heavy atom. The predicted octanol–water partition coefficient (Wildman–Crippen LogP) is 1.74. The van der Waals surface area contributed by atoms with Gasteiger partial charge in [-0.1, -0.05) is 31.9 Å². The molecular formula is C16H14F2O6PS-3. The van der Waals surface area contributed by atoms with Crippen molar-refractivity contribution in [1.82, 2.24) is 0 Å². The Balaban J connectivity index is 2.05. The molecule has 0 aliphatic carbocycles. The Labute approximate surface area is 149 Å². The average Bonchev–Trinajstić information content (AvgIpc) is 2.50. The van der Waals surface area contributed by atoms with Gasteiger partial charge in [0.05, 0.1) is 4.99 Å². The third-order valence-corrected chi connectivity index (χ3v) is 7.21. The molecule has 0 heterocycles. The molecule has 0 aromatic heterocycles. The third-order valence-electron chi connectivity index (χ3n) is 3.80. The van der Waals surface area contributed by atoms with E-state index in [1.807, 2.05) is 0 Å². The topological polar surface area (TPSA) is 120 Å². The largest absolute Gasteiger partial charge is 0.810 e. The molecule has 2 rings (SSSR count). The highest BCUT2D eigenvalue weighted by molar-refractivity contribution is 7.93. The van der Waals surface area contributed by atoms with Crippen molar-refractivity contribution in [3.8, 4) is 11.1 Å². The van der Waals surface area contributed by atoms with Gasteiger partial charge in [-0.05, 0) is 42.5 Å². The van der Waals surface area contributed by atoms with Gasteiger partial charge in [-0.3, -0.25) is 0 Å². The van der Waals surface area contributed by atoms with Crippen LogP contribution in [0.15, 0.2) is 42.5 Å². The SMILES string of the molecule is O=P([O-])([O-])C(CCCc1ccc(-c2ccc(F)cc2F)cc1)S(=O)(=O)[O-]. The molecule has 6 nitrogen and oxygen atoms in total. The number of hydrogen-bond acceptors (Lipinski definition) is 6. The first kappa shape index (κ1) is 20.7. The first-order valence-electron chi connectivity index (χ1n) is 7.49. The summed E-state index contributed by atoms with van der Waals surface area (Å²) in [5, 5.41) is 0. The number of aryl methyl sites for hydroxylation is 1. The highest BCUT2D eigenvalue weighted by Gasteiger charge is 2.20. The Kier molecular flexibility index (Phi) is 6.31. The van der Waals surface area contributed by atoms with E-state index in [0.717, 1.165) is 12.1 Å². The minimum atomic E-state index is -5.55. The lowest BCUT2D eigenvalue weighted by atomic mass is 10.0.